The first-order chi connectivity index (χ1) is 9.79. The molecule has 2 atom stereocenters. The molecule has 0 bridgehead atoms. The van der Waals surface area contributed by atoms with E-state index in [4.69, 9.17) is 0 Å². The van der Waals surface area contributed by atoms with Crippen LogP contribution in [0.25, 0.3) is 0 Å². The van der Waals surface area contributed by atoms with Crippen LogP contribution in [-0.2, 0) is 6.42 Å². The maximum atomic E-state index is 13.1. The number of fused-ring (bicyclic) bond motifs is 1. The highest BCUT2D eigenvalue weighted by atomic mass is 19.1. The number of rotatable bonds is 5. The highest BCUT2D eigenvalue weighted by Gasteiger charge is 2.33. The van der Waals surface area contributed by atoms with Gasteiger partial charge in [0.05, 0.1) is 0 Å². The molecule has 0 heterocycles. The quantitative estimate of drug-likeness (QED) is 0.857. The standard InChI is InChI=1S/C18H20FN/c1-2-11-20-18(13-7-9-15(19)10-8-13)17-12-14-5-3-4-6-16(14)17/h3-10,17-18,20H,2,11-12H2,1H3. The van der Waals surface area contributed by atoms with E-state index in [0.717, 1.165) is 19.4 Å². The molecule has 1 N–H and O–H groups in total. The summed E-state index contributed by atoms with van der Waals surface area (Å²) in [6, 6.07) is 15.8. The lowest BCUT2D eigenvalue weighted by atomic mass is 9.71. The van der Waals surface area contributed by atoms with Gasteiger partial charge in [0.1, 0.15) is 5.82 Å². The Bertz CT molecular complexity index is 576. The second-order valence-electron chi connectivity index (χ2n) is 5.49. The molecule has 0 saturated heterocycles. The number of nitrogens with one attached hydrogen (secondary N) is 1. The molecule has 0 saturated carbocycles. The number of hydrogen-bond donors (Lipinski definition) is 1. The molecule has 2 aromatic rings. The van der Waals surface area contributed by atoms with Gasteiger partial charge in [-0.25, -0.2) is 4.39 Å². The summed E-state index contributed by atoms with van der Waals surface area (Å²) in [6.07, 6.45) is 2.21. The van der Waals surface area contributed by atoms with Crippen molar-refractivity contribution >= 4 is 0 Å². The summed E-state index contributed by atoms with van der Waals surface area (Å²) in [4.78, 5) is 0. The fourth-order valence-corrected chi connectivity index (χ4v) is 3.06. The van der Waals surface area contributed by atoms with E-state index in [1.807, 2.05) is 12.1 Å². The summed E-state index contributed by atoms with van der Waals surface area (Å²) >= 11 is 0. The van der Waals surface area contributed by atoms with Crippen molar-refractivity contribution in [1.82, 2.24) is 5.32 Å². The van der Waals surface area contributed by atoms with Crippen LogP contribution in [0.2, 0.25) is 0 Å². The lowest BCUT2D eigenvalue weighted by Crippen LogP contribution is -2.33. The Balaban J connectivity index is 1.86. The second kappa shape index (κ2) is 5.76. The fraction of sp³-hybridized carbons (Fsp3) is 0.333. The zero-order valence-corrected chi connectivity index (χ0v) is 11.8. The minimum Gasteiger partial charge on any atom is -0.309 e. The molecule has 1 aliphatic carbocycles. The monoisotopic (exact) mass is 269 g/mol. The summed E-state index contributed by atoms with van der Waals surface area (Å²) in [5, 5.41) is 3.63. The van der Waals surface area contributed by atoms with E-state index in [1.54, 1.807) is 12.1 Å². The van der Waals surface area contributed by atoms with Crippen molar-refractivity contribution in [3.63, 3.8) is 0 Å². The molecular formula is C18H20FN. The van der Waals surface area contributed by atoms with Crippen LogP contribution in [0.5, 0.6) is 0 Å². The summed E-state index contributed by atoms with van der Waals surface area (Å²) < 4.78 is 13.1. The van der Waals surface area contributed by atoms with Gasteiger partial charge in [0.15, 0.2) is 0 Å². The summed E-state index contributed by atoms with van der Waals surface area (Å²) in [5.74, 6) is 0.334. The van der Waals surface area contributed by atoms with Crippen molar-refractivity contribution in [1.29, 1.82) is 0 Å². The van der Waals surface area contributed by atoms with Gasteiger partial charge >= 0.3 is 0 Å². The highest BCUT2D eigenvalue weighted by Crippen LogP contribution is 2.43. The van der Waals surface area contributed by atoms with Crippen LogP contribution in [0.15, 0.2) is 48.5 Å². The third-order valence-electron chi connectivity index (χ3n) is 4.14. The molecule has 0 aliphatic heterocycles. The van der Waals surface area contributed by atoms with Crippen molar-refractivity contribution in [2.24, 2.45) is 0 Å². The lowest BCUT2D eigenvalue weighted by Gasteiger charge is -2.37. The van der Waals surface area contributed by atoms with Crippen molar-refractivity contribution < 1.29 is 4.39 Å². The number of hydrogen-bond acceptors (Lipinski definition) is 1. The van der Waals surface area contributed by atoms with E-state index in [-0.39, 0.29) is 11.9 Å². The maximum Gasteiger partial charge on any atom is 0.123 e. The van der Waals surface area contributed by atoms with Gasteiger partial charge in [-0.1, -0.05) is 43.3 Å². The molecule has 1 aliphatic rings. The zero-order valence-electron chi connectivity index (χ0n) is 11.8. The SMILES string of the molecule is CCCNC(c1ccc(F)cc1)C1Cc2ccccc21. The third-order valence-corrected chi connectivity index (χ3v) is 4.14. The van der Waals surface area contributed by atoms with Gasteiger partial charge in [-0.05, 0) is 48.2 Å². The second-order valence-corrected chi connectivity index (χ2v) is 5.49. The van der Waals surface area contributed by atoms with Gasteiger partial charge < -0.3 is 5.32 Å². The highest BCUT2D eigenvalue weighted by molar-refractivity contribution is 5.43. The summed E-state index contributed by atoms with van der Waals surface area (Å²) in [7, 11) is 0. The Kier molecular flexibility index (Phi) is 3.83. The first-order valence-corrected chi connectivity index (χ1v) is 7.36. The predicted octanol–water partition coefficient (Wildman–Crippen LogP) is 4.21. The summed E-state index contributed by atoms with van der Waals surface area (Å²) in [6.45, 7) is 3.16. The van der Waals surface area contributed by atoms with Crippen molar-refractivity contribution in [3.05, 3.63) is 71.0 Å². The smallest absolute Gasteiger partial charge is 0.123 e. The number of halogens is 1. The van der Waals surface area contributed by atoms with Gasteiger partial charge in [0, 0.05) is 12.0 Å². The minimum absolute atomic E-state index is 0.169. The Hall–Kier alpha value is -1.67. The Morgan fingerprint density at radius 3 is 2.60 bits per heavy atom. The van der Waals surface area contributed by atoms with E-state index in [2.05, 4.69) is 36.5 Å². The fourth-order valence-electron chi connectivity index (χ4n) is 3.06. The normalized spacial score (nSPS) is 18.2. The first kappa shape index (κ1) is 13.3. The molecule has 0 fully saturated rings. The molecular weight excluding hydrogens is 249 g/mol. The van der Waals surface area contributed by atoms with E-state index < -0.39 is 0 Å². The Morgan fingerprint density at radius 1 is 1.15 bits per heavy atom. The average Bonchev–Trinajstić information content (AvgIpc) is 2.45. The maximum absolute atomic E-state index is 13.1. The van der Waals surface area contributed by atoms with Crippen molar-refractivity contribution in [2.75, 3.05) is 6.54 Å². The Morgan fingerprint density at radius 2 is 1.90 bits per heavy atom. The molecule has 0 spiro atoms. The number of benzene rings is 2. The average molecular weight is 269 g/mol. The first-order valence-electron chi connectivity index (χ1n) is 7.36. The molecule has 0 amide bonds. The van der Waals surface area contributed by atoms with Gasteiger partial charge in [0.2, 0.25) is 0 Å². The van der Waals surface area contributed by atoms with Crippen LogP contribution in [0.1, 0.15) is 42.0 Å². The molecule has 104 valence electrons. The van der Waals surface area contributed by atoms with Crippen LogP contribution in [0.3, 0.4) is 0 Å². The van der Waals surface area contributed by atoms with Gasteiger partial charge in [0.25, 0.3) is 0 Å². The molecule has 3 rings (SSSR count). The molecule has 0 aromatic heterocycles. The van der Waals surface area contributed by atoms with Gasteiger partial charge in [-0.15, -0.1) is 0 Å². The van der Waals surface area contributed by atoms with Crippen LogP contribution in [-0.4, -0.2) is 6.54 Å². The van der Waals surface area contributed by atoms with E-state index in [1.165, 1.54) is 16.7 Å². The zero-order chi connectivity index (χ0) is 13.9. The van der Waals surface area contributed by atoms with Crippen molar-refractivity contribution in [2.45, 2.75) is 31.7 Å². The topological polar surface area (TPSA) is 12.0 Å². The molecule has 0 radical (unpaired) electrons. The largest absolute Gasteiger partial charge is 0.309 e. The van der Waals surface area contributed by atoms with Crippen LogP contribution in [0.4, 0.5) is 4.39 Å². The van der Waals surface area contributed by atoms with E-state index >= 15 is 0 Å². The Labute approximate surface area is 119 Å². The molecule has 1 nitrogen and oxygen atoms in total. The summed E-state index contributed by atoms with van der Waals surface area (Å²) in [5.41, 5.74) is 4.06. The van der Waals surface area contributed by atoms with Crippen molar-refractivity contribution in [3.8, 4) is 0 Å². The molecule has 20 heavy (non-hydrogen) atoms. The van der Waals surface area contributed by atoms with E-state index in [9.17, 15) is 4.39 Å². The molecule has 2 unspecified atom stereocenters. The van der Waals surface area contributed by atoms with Crippen LogP contribution in [0, 0.1) is 5.82 Å². The third kappa shape index (κ3) is 2.48. The van der Waals surface area contributed by atoms with Gasteiger partial charge in [-0.2, -0.15) is 0 Å². The lowest BCUT2D eigenvalue weighted by molar-refractivity contribution is 0.411. The van der Waals surface area contributed by atoms with Crippen LogP contribution >= 0.6 is 0 Å². The van der Waals surface area contributed by atoms with Crippen LogP contribution < -0.4 is 5.32 Å². The predicted molar refractivity (Wildman–Crippen MR) is 80.3 cm³/mol. The van der Waals surface area contributed by atoms with E-state index in [0.29, 0.717) is 5.92 Å². The minimum atomic E-state index is -0.169. The molecule has 2 aromatic carbocycles. The van der Waals surface area contributed by atoms with Gasteiger partial charge in [-0.3, -0.25) is 0 Å². The molecule has 2 heteroatoms.